The second-order valence-electron chi connectivity index (χ2n) is 7.24. The second-order valence-corrected chi connectivity index (χ2v) is 8.35. The number of carbonyl (C=O) groups is 2. The molecule has 23 heavy (non-hydrogen) atoms. The highest BCUT2D eigenvalue weighted by Gasteiger charge is 2.40. The van der Waals surface area contributed by atoms with Crippen LogP contribution in [-0.2, 0) is 22.4 Å². The fraction of sp³-hybridized carbons (Fsp3) is 0.667. The maximum atomic E-state index is 12.5. The second kappa shape index (κ2) is 5.93. The van der Waals surface area contributed by atoms with Gasteiger partial charge in [-0.2, -0.15) is 0 Å². The van der Waals surface area contributed by atoms with E-state index in [1.165, 1.54) is 37.7 Å². The number of thiophene rings is 1. The monoisotopic (exact) mass is 333 g/mol. The van der Waals surface area contributed by atoms with Crippen molar-refractivity contribution in [3.05, 3.63) is 16.0 Å². The standard InChI is InChI=1S/C18H23NO3S/c1-22-18(21)16-13-3-2-4-14(13)23-17(16)19-15(20)9-12-8-10-5-6-11(12)7-10/h10-12H,2-9H2,1H3,(H,19,20). The van der Waals surface area contributed by atoms with Gasteiger partial charge >= 0.3 is 5.97 Å². The Bertz CT molecular complexity index is 651. The molecule has 0 spiro atoms. The Balaban J connectivity index is 1.48. The lowest BCUT2D eigenvalue weighted by Gasteiger charge is -2.20. The Labute approximate surface area is 140 Å². The third kappa shape index (κ3) is 2.69. The fourth-order valence-corrected chi connectivity index (χ4v) is 6.15. The molecular formula is C18H23NO3S. The minimum Gasteiger partial charge on any atom is -0.465 e. The van der Waals surface area contributed by atoms with Gasteiger partial charge in [0.05, 0.1) is 12.7 Å². The van der Waals surface area contributed by atoms with Gasteiger partial charge in [0, 0.05) is 11.3 Å². The van der Waals surface area contributed by atoms with Gasteiger partial charge in [-0.25, -0.2) is 4.79 Å². The van der Waals surface area contributed by atoms with Crippen molar-refractivity contribution in [1.82, 2.24) is 0 Å². The average Bonchev–Trinajstić information content (AvgIpc) is 3.26. The summed E-state index contributed by atoms with van der Waals surface area (Å²) in [5.41, 5.74) is 1.70. The van der Waals surface area contributed by atoms with Crippen LogP contribution in [0.5, 0.6) is 0 Å². The lowest BCUT2D eigenvalue weighted by atomic mass is 9.86. The largest absolute Gasteiger partial charge is 0.465 e. The Morgan fingerprint density at radius 2 is 2.13 bits per heavy atom. The van der Waals surface area contributed by atoms with Crippen LogP contribution in [0.1, 0.15) is 59.3 Å². The minimum absolute atomic E-state index is 0.0626. The molecule has 1 amide bonds. The van der Waals surface area contributed by atoms with Crippen LogP contribution in [0.25, 0.3) is 0 Å². The first-order valence-electron chi connectivity index (χ1n) is 8.68. The molecular weight excluding hydrogens is 310 g/mol. The Morgan fingerprint density at radius 1 is 1.26 bits per heavy atom. The lowest BCUT2D eigenvalue weighted by Crippen LogP contribution is -2.21. The molecule has 4 rings (SSSR count). The number of ether oxygens (including phenoxy) is 1. The molecule has 3 aliphatic carbocycles. The van der Waals surface area contributed by atoms with E-state index >= 15 is 0 Å². The van der Waals surface area contributed by atoms with Crippen molar-refractivity contribution < 1.29 is 14.3 Å². The van der Waals surface area contributed by atoms with Gasteiger partial charge in [-0.1, -0.05) is 6.42 Å². The van der Waals surface area contributed by atoms with Crippen molar-refractivity contribution in [3.8, 4) is 0 Å². The van der Waals surface area contributed by atoms with Crippen LogP contribution in [0.2, 0.25) is 0 Å². The van der Waals surface area contributed by atoms with Crippen LogP contribution in [0.15, 0.2) is 0 Å². The summed E-state index contributed by atoms with van der Waals surface area (Å²) in [5, 5.41) is 3.72. The molecule has 1 aromatic rings. The van der Waals surface area contributed by atoms with Crippen LogP contribution in [-0.4, -0.2) is 19.0 Å². The first-order valence-corrected chi connectivity index (χ1v) is 9.50. The van der Waals surface area contributed by atoms with E-state index in [1.54, 1.807) is 11.3 Å². The van der Waals surface area contributed by atoms with Gasteiger partial charge in [0.1, 0.15) is 5.00 Å². The fourth-order valence-electron chi connectivity index (χ4n) is 4.85. The van der Waals surface area contributed by atoms with Crippen molar-refractivity contribution in [2.24, 2.45) is 17.8 Å². The van der Waals surface area contributed by atoms with E-state index in [9.17, 15) is 9.59 Å². The number of methoxy groups -OCH3 is 1. The third-order valence-electron chi connectivity index (χ3n) is 5.90. The average molecular weight is 333 g/mol. The zero-order valence-corrected chi connectivity index (χ0v) is 14.3. The highest BCUT2D eigenvalue weighted by Crippen LogP contribution is 2.49. The number of anilines is 1. The molecule has 2 saturated carbocycles. The van der Waals surface area contributed by atoms with Gasteiger partial charge in [0.15, 0.2) is 0 Å². The molecule has 3 atom stereocenters. The molecule has 3 unspecified atom stereocenters. The maximum absolute atomic E-state index is 12.5. The van der Waals surface area contributed by atoms with Crippen LogP contribution >= 0.6 is 11.3 Å². The predicted molar refractivity (Wildman–Crippen MR) is 89.9 cm³/mol. The number of carbonyl (C=O) groups excluding carboxylic acids is 2. The molecule has 0 radical (unpaired) electrons. The topological polar surface area (TPSA) is 55.4 Å². The molecule has 124 valence electrons. The summed E-state index contributed by atoms with van der Waals surface area (Å²) in [4.78, 5) is 25.8. The molecule has 0 aromatic carbocycles. The van der Waals surface area contributed by atoms with Gasteiger partial charge < -0.3 is 10.1 Å². The molecule has 5 heteroatoms. The molecule has 0 aliphatic heterocycles. The highest BCUT2D eigenvalue weighted by atomic mass is 32.1. The van der Waals surface area contributed by atoms with Crippen molar-refractivity contribution >= 4 is 28.2 Å². The van der Waals surface area contributed by atoms with Crippen molar-refractivity contribution in [2.75, 3.05) is 12.4 Å². The molecule has 2 bridgehead atoms. The molecule has 0 saturated heterocycles. The summed E-state index contributed by atoms with van der Waals surface area (Å²) in [6.45, 7) is 0. The van der Waals surface area contributed by atoms with Gasteiger partial charge in [0.2, 0.25) is 5.91 Å². The first-order chi connectivity index (χ1) is 11.2. The number of nitrogens with one attached hydrogen (secondary N) is 1. The molecule has 3 aliphatic rings. The van der Waals surface area contributed by atoms with E-state index in [4.69, 9.17) is 4.74 Å². The smallest absolute Gasteiger partial charge is 0.341 e. The number of rotatable bonds is 4. The number of aryl methyl sites for hydroxylation is 1. The number of esters is 1. The SMILES string of the molecule is COC(=O)c1c(NC(=O)CC2CC3CCC2C3)sc2c1CCC2. The number of hydrogen-bond donors (Lipinski definition) is 1. The Morgan fingerprint density at radius 3 is 2.83 bits per heavy atom. The summed E-state index contributed by atoms with van der Waals surface area (Å²) < 4.78 is 4.93. The number of hydrogen-bond acceptors (Lipinski definition) is 4. The quantitative estimate of drug-likeness (QED) is 0.853. The minimum atomic E-state index is -0.320. The Hall–Kier alpha value is -1.36. The van der Waals surface area contributed by atoms with Gasteiger partial charge in [0.25, 0.3) is 0 Å². The zero-order chi connectivity index (χ0) is 16.0. The van der Waals surface area contributed by atoms with Crippen molar-refractivity contribution in [1.29, 1.82) is 0 Å². The van der Waals surface area contributed by atoms with E-state index in [1.807, 2.05) is 0 Å². The highest BCUT2D eigenvalue weighted by molar-refractivity contribution is 7.17. The van der Waals surface area contributed by atoms with E-state index in [-0.39, 0.29) is 11.9 Å². The van der Waals surface area contributed by atoms with Gasteiger partial charge in [-0.15, -0.1) is 11.3 Å². The van der Waals surface area contributed by atoms with Gasteiger partial charge in [-0.05, 0) is 61.8 Å². The summed E-state index contributed by atoms with van der Waals surface area (Å²) in [7, 11) is 1.40. The predicted octanol–water partition coefficient (Wildman–Crippen LogP) is 3.79. The number of fused-ring (bicyclic) bond motifs is 3. The maximum Gasteiger partial charge on any atom is 0.341 e. The molecule has 2 fully saturated rings. The molecule has 1 aromatic heterocycles. The summed E-state index contributed by atoms with van der Waals surface area (Å²) in [6, 6.07) is 0. The van der Waals surface area contributed by atoms with E-state index in [0.717, 1.165) is 36.7 Å². The summed E-state index contributed by atoms with van der Waals surface area (Å²) in [5.74, 6) is 1.89. The molecule has 1 N–H and O–H groups in total. The number of amides is 1. The lowest BCUT2D eigenvalue weighted by molar-refractivity contribution is -0.117. The van der Waals surface area contributed by atoms with E-state index in [2.05, 4.69) is 5.32 Å². The van der Waals surface area contributed by atoms with Crippen molar-refractivity contribution in [2.45, 2.75) is 51.4 Å². The Kier molecular flexibility index (Phi) is 3.92. The van der Waals surface area contributed by atoms with Crippen LogP contribution in [0.4, 0.5) is 5.00 Å². The first kappa shape index (κ1) is 15.2. The summed E-state index contributed by atoms with van der Waals surface area (Å²) in [6.07, 6.45) is 8.79. The van der Waals surface area contributed by atoms with Crippen LogP contribution in [0, 0.1) is 17.8 Å². The summed E-state index contributed by atoms with van der Waals surface area (Å²) >= 11 is 1.56. The van der Waals surface area contributed by atoms with Gasteiger partial charge in [-0.3, -0.25) is 4.79 Å². The zero-order valence-electron chi connectivity index (χ0n) is 13.5. The van der Waals surface area contributed by atoms with Crippen molar-refractivity contribution in [3.63, 3.8) is 0 Å². The van der Waals surface area contributed by atoms with E-state index in [0.29, 0.717) is 22.9 Å². The molecule has 4 nitrogen and oxygen atoms in total. The normalized spacial score (nSPS) is 28.0. The molecule has 1 heterocycles. The van der Waals surface area contributed by atoms with Crippen LogP contribution in [0.3, 0.4) is 0 Å². The third-order valence-corrected chi connectivity index (χ3v) is 7.10. The van der Waals surface area contributed by atoms with E-state index < -0.39 is 0 Å². The van der Waals surface area contributed by atoms with Crippen LogP contribution < -0.4 is 5.32 Å².